The molecule has 1 saturated heterocycles. The number of carbonyl (C=O) groups excluding carboxylic acids is 1. The van der Waals surface area contributed by atoms with Gasteiger partial charge in [-0.3, -0.25) is 9.88 Å². The number of pyridine rings is 1. The Morgan fingerprint density at radius 2 is 2.00 bits per heavy atom. The second-order valence-corrected chi connectivity index (χ2v) is 7.03. The quantitative estimate of drug-likeness (QED) is 0.818. The van der Waals surface area contributed by atoms with Gasteiger partial charge in [0.2, 0.25) is 0 Å². The first-order chi connectivity index (χ1) is 9.85. The zero-order valence-corrected chi connectivity index (χ0v) is 14.4. The first-order valence-electron chi connectivity index (χ1n) is 7.15. The molecule has 0 saturated carbocycles. The highest BCUT2D eigenvalue weighted by Crippen LogP contribution is 2.17. The van der Waals surface area contributed by atoms with Gasteiger partial charge >= 0.3 is 6.09 Å². The molecule has 21 heavy (non-hydrogen) atoms. The average molecular weight is 356 g/mol. The van der Waals surface area contributed by atoms with Crippen molar-refractivity contribution < 1.29 is 9.53 Å². The number of halogens is 1. The lowest BCUT2D eigenvalue weighted by Crippen LogP contribution is -2.49. The highest BCUT2D eigenvalue weighted by atomic mass is 79.9. The van der Waals surface area contributed by atoms with Crippen molar-refractivity contribution in [2.24, 2.45) is 0 Å². The minimum absolute atomic E-state index is 0.221. The maximum atomic E-state index is 12.0. The van der Waals surface area contributed by atoms with E-state index in [0.29, 0.717) is 13.1 Å². The fourth-order valence-corrected chi connectivity index (χ4v) is 2.54. The van der Waals surface area contributed by atoms with Gasteiger partial charge in [0.25, 0.3) is 0 Å². The van der Waals surface area contributed by atoms with Crippen LogP contribution in [0.2, 0.25) is 0 Å². The van der Waals surface area contributed by atoms with E-state index in [9.17, 15) is 4.79 Å². The number of aromatic nitrogens is 1. The molecule has 0 unspecified atom stereocenters. The number of piperazine rings is 1. The maximum Gasteiger partial charge on any atom is 0.410 e. The molecule has 1 aromatic heterocycles. The van der Waals surface area contributed by atoms with Crippen molar-refractivity contribution >= 4 is 22.0 Å². The molecule has 0 bridgehead atoms. The van der Waals surface area contributed by atoms with Gasteiger partial charge in [-0.05, 0) is 48.8 Å². The maximum absolute atomic E-state index is 12.0. The molecule has 0 radical (unpaired) electrons. The number of nitrogens with zero attached hydrogens (tertiary/aromatic N) is 3. The van der Waals surface area contributed by atoms with Crippen LogP contribution in [0.5, 0.6) is 0 Å². The largest absolute Gasteiger partial charge is 0.444 e. The topological polar surface area (TPSA) is 45.7 Å². The Hall–Kier alpha value is -1.14. The van der Waals surface area contributed by atoms with E-state index < -0.39 is 5.60 Å². The van der Waals surface area contributed by atoms with E-state index in [1.54, 1.807) is 11.1 Å². The van der Waals surface area contributed by atoms with E-state index >= 15 is 0 Å². The van der Waals surface area contributed by atoms with Crippen LogP contribution in [-0.4, -0.2) is 52.7 Å². The Bertz CT molecular complexity index is 494. The van der Waals surface area contributed by atoms with Crippen LogP contribution in [0.25, 0.3) is 0 Å². The van der Waals surface area contributed by atoms with E-state index in [0.717, 1.165) is 29.8 Å². The Morgan fingerprint density at radius 3 is 2.57 bits per heavy atom. The Morgan fingerprint density at radius 1 is 1.33 bits per heavy atom. The van der Waals surface area contributed by atoms with Gasteiger partial charge in [0.15, 0.2) is 0 Å². The molecule has 0 spiro atoms. The number of ether oxygens (including phenoxy) is 1. The molecule has 1 aliphatic rings. The summed E-state index contributed by atoms with van der Waals surface area (Å²) in [6, 6.07) is 3.91. The van der Waals surface area contributed by atoms with Crippen LogP contribution in [0, 0.1) is 0 Å². The van der Waals surface area contributed by atoms with Gasteiger partial charge in [0, 0.05) is 43.4 Å². The van der Waals surface area contributed by atoms with E-state index in [1.165, 1.54) is 0 Å². The zero-order chi connectivity index (χ0) is 15.5. The van der Waals surface area contributed by atoms with Crippen molar-refractivity contribution in [1.82, 2.24) is 14.8 Å². The molecule has 0 atom stereocenters. The van der Waals surface area contributed by atoms with E-state index in [2.05, 4.69) is 25.8 Å². The van der Waals surface area contributed by atoms with Crippen molar-refractivity contribution in [3.05, 3.63) is 28.5 Å². The minimum Gasteiger partial charge on any atom is -0.444 e. The van der Waals surface area contributed by atoms with Crippen LogP contribution in [-0.2, 0) is 11.3 Å². The van der Waals surface area contributed by atoms with Gasteiger partial charge in [-0.2, -0.15) is 0 Å². The van der Waals surface area contributed by atoms with Gasteiger partial charge in [0.1, 0.15) is 5.60 Å². The fraction of sp³-hybridized carbons (Fsp3) is 0.600. The molecule has 0 N–H and O–H groups in total. The lowest BCUT2D eigenvalue weighted by Gasteiger charge is -2.35. The molecule has 1 amide bonds. The summed E-state index contributed by atoms with van der Waals surface area (Å²) in [5.74, 6) is 0. The van der Waals surface area contributed by atoms with Crippen LogP contribution < -0.4 is 0 Å². The van der Waals surface area contributed by atoms with Gasteiger partial charge in [0.05, 0.1) is 5.69 Å². The molecule has 116 valence electrons. The van der Waals surface area contributed by atoms with Crippen molar-refractivity contribution in [3.63, 3.8) is 0 Å². The predicted octanol–water partition coefficient (Wildman–Crippen LogP) is 2.90. The highest BCUT2D eigenvalue weighted by Gasteiger charge is 2.26. The molecule has 1 aromatic rings. The lowest BCUT2D eigenvalue weighted by atomic mass is 10.2. The fourth-order valence-electron chi connectivity index (χ4n) is 2.16. The molecular weight excluding hydrogens is 334 g/mol. The molecule has 0 aliphatic carbocycles. The summed E-state index contributed by atoms with van der Waals surface area (Å²) in [4.78, 5) is 20.5. The van der Waals surface area contributed by atoms with E-state index in [4.69, 9.17) is 4.74 Å². The minimum atomic E-state index is -0.437. The van der Waals surface area contributed by atoms with Crippen molar-refractivity contribution in [2.75, 3.05) is 26.2 Å². The lowest BCUT2D eigenvalue weighted by molar-refractivity contribution is 0.0138. The van der Waals surface area contributed by atoms with E-state index in [1.807, 2.05) is 32.9 Å². The Balaban J connectivity index is 1.83. The number of hydrogen-bond acceptors (Lipinski definition) is 4. The summed E-state index contributed by atoms with van der Waals surface area (Å²) in [7, 11) is 0. The van der Waals surface area contributed by atoms with Gasteiger partial charge < -0.3 is 9.64 Å². The van der Waals surface area contributed by atoms with Crippen molar-refractivity contribution in [3.8, 4) is 0 Å². The van der Waals surface area contributed by atoms with Gasteiger partial charge in [-0.25, -0.2) is 4.79 Å². The summed E-state index contributed by atoms with van der Waals surface area (Å²) in [5.41, 5.74) is 0.593. The number of carbonyl (C=O) groups is 1. The van der Waals surface area contributed by atoms with E-state index in [-0.39, 0.29) is 6.09 Å². The normalized spacial score (nSPS) is 16.9. The van der Waals surface area contributed by atoms with Crippen LogP contribution in [0.15, 0.2) is 22.8 Å². The zero-order valence-electron chi connectivity index (χ0n) is 12.8. The molecule has 1 fully saturated rings. The molecule has 0 aromatic carbocycles. The van der Waals surface area contributed by atoms with Gasteiger partial charge in [-0.1, -0.05) is 0 Å². The van der Waals surface area contributed by atoms with Crippen LogP contribution in [0.4, 0.5) is 4.79 Å². The summed E-state index contributed by atoms with van der Waals surface area (Å²) < 4.78 is 6.43. The van der Waals surface area contributed by atoms with Crippen LogP contribution in [0.3, 0.4) is 0 Å². The van der Waals surface area contributed by atoms with Crippen molar-refractivity contribution in [1.29, 1.82) is 0 Å². The molecule has 2 heterocycles. The SMILES string of the molecule is CC(C)(C)OC(=O)N1CCN(Cc2ncccc2Br)CC1. The molecule has 6 heteroatoms. The summed E-state index contributed by atoms with van der Waals surface area (Å²) in [5, 5.41) is 0. The highest BCUT2D eigenvalue weighted by molar-refractivity contribution is 9.10. The predicted molar refractivity (Wildman–Crippen MR) is 85.0 cm³/mol. The van der Waals surface area contributed by atoms with Crippen LogP contribution in [0.1, 0.15) is 26.5 Å². The number of rotatable bonds is 2. The first kappa shape index (κ1) is 16.2. The van der Waals surface area contributed by atoms with Gasteiger partial charge in [-0.15, -0.1) is 0 Å². The van der Waals surface area contributed by atoms with Crippen LogP contribution >= 0.6 is 15.9 Å². The third-order valence-electron chi connectivity index (χ3n) is 3.23. The molecule has 1 aliphatic heterocycles. The molecule has 5 nitrogen and oxygen atoms in total. The summed E-state index contributed by atoms with van der Waals surface area (Å²) in [6.45, 7) is 9.52. The Labute approximate surface area is 134 Å². The standard InChI is InChI=1S/C15H22BrN3O2/c1-15(2,3)21-14(20)19-9-7-18(8-10-19)11-13-12(16)5-4-6-17-13/h4-6H,7-11H2,1-3H3. The monoisotopic (exact) mass is 355 g/mol. The van der Waals surface area contributed by atoms with Crippen molar-refractivity contribution in [2.45, 2.75) is 32.9 Å². The summed E-state index contributed by atoms with van der Waals surface area (Å²) >= 11 is 3.52. The number of amides is 1. The average Bonchev–Trinajstić information content (AvgIpc) is 2.40. The molecular formula is C15H22BrN3O2. The second-order valence-electron chi connectivity index (χ2n) is 6.18. The molecule has 2 rings (SSSR count). The second kappa shape index (κ2) is 6.75. The Kier molecular flexibility index (Phi) is 5.22. The third kappa shape index (κ3) is 4.97. The summed E-state index contributed by atoms with van der Waals surface area (Å²) in [6.07, 6.45) is 1.58. The first-order valence-corrected chi connectivity index (χ1v) is 7.94. The smallest absolute Gasteiger partial charge is 0.410 e. The third-order valence-corrected chi connectivity index (χ3v) is 3.95. The number of hydrogen-bond donors (Lipinski definition) is 0.